The van der Waals surface area contributed by atoms with Crippen molar-refractivity contribution in [2.45, 2.75) is 32.6 Å². The first-order valence-corrected chi connectivity index (χ1v) is 9.67. The zero-order valence-electron chi connectivity index (χ0n) is 15.7. The fraction of sp³-hybridized carbons (Fsp3) is 0.318. The van der Waals surface area contributed by atoms with Crippen LogP contribution in [0.1, 0.15) is 29.9 Å². The Kier molecular flexibility index (Phi) is 3.93. The quantitative estimate of drug-likeness (QED) is 0.759. The Bertz CT molecular complexity index is 1100. The van der Waals surface area contributed by atoms with Crippen LogP contribution in [0.5, 0.6) is 0 Å². The van der Waals surface area contributed by atoms with Crippen molar-refractivity contribution in [3.63, 3.8) is 0 Å². The van der Waals surface area contributed by atoms with Gasteiger partial charge in [-0.3, -0.25) is 9.59 Å². The Labute approximate surface area is 162 Å². The third kappa shape index (κ3) is 2.95. The highest BCUT2D eigenvalue weighted by atomic mass is 16.3. The molecular weight excluding hydrogens is 354 g/mol. The molecule has 142 valence electrons. The molecular formula is C22H21N3O3. The van der Waals surface area contributed by atoms with E-state index in [9.17, 15) is 9.59 Å². The summed E-state index contributed by atoms with van der Waals surface area (Å²) in [6, 6.07) is 11.6. The van der Waals surface area contributed by atoms with Crippen molar-refractivity contribution in [2.24, 2.45) is 5.92 Å². The highest BCUT2D eigenvalue weighted by Crippen LogP contribution is 2.31. The molecule has 0 spiro atoms. The SMILES string of the molecule is Cc1nc2cc(NC(=O)C3CC(=O)N(c4ccc5c(c4)CCC5)C3)ccc2o1. The Hall–Kier alpha value is -3.15. The number of carbonyl (C=O) groups is 2. The summed E-state index contributed by atoms with van der Waals surface area (Å²) >= 11 is 0. The van der Waals surface area contributed by atoms with Crippen molar-refractivity contribution in [1.29, 1.82) is 0 Å². The molecule has 1 fully saturated rings. The maximum absolute atomic E-state index is 12.7. The van der Waals surface area contributed by atoms with E-state index < -0.39 is 0 Å². The van der Waals surface area contributed by atoms with E-state index in [-0.39, 0.29) is 24.2 Å². The summed E-state index contributed by atoms with van der Waals surface area (Å²) in [6.07, 6.45) is 3.59. The van der Waals surface area contributed by atoms with Gasteiger partial charge in [-0.05, 0) is 60.7 Å². The summed E-state index contributed by atoms with van der Waals surface area (Å²) in [4.78, 5) is 31.3. The topological polar surface area (TPSA) is 75.4 Å². The molecule has 5 rings (SSSR count). The molecule has 6 heteroatoms. The molecule has 0 saturated carbocycles. The summed E-state index contributed by atoms with van der Waals surface area (Å²) in [7, 11) is 0. The molecule has 2 heterocycles. The number of aryl methyl sites for hydroxylation is 3. The first-order valence-electron chi connectivity index (χ1n) is 9.67. The number of aromatic nitrogens is 1. The molecule has 1 saturated heterocycles. The van der Waals surface area contributed by atoms with Gasteiger partial charge in [-0.1, -0.05) is 6.07 Å². The molecule has 1 unspecified atom stereocenters. The summed E-state index contributed by atoms with van der Waals surface area (Å²) in [6.45, 7) is 2.20. The fourth-order valence-electron chi connectivity index (χ4n) is 4.22. The molecule has 1 atom stereocenters. The van der Waals surface area contributed by atoms with E-state index in [0.29, 0.717) is 29.2 Å². The fourth-order valence-corrected chi connectivity index (χ4v) is 4.22. The Morgan fingerprint density at radius 3 is 2.93 bits per heavy atom. The molecule has 2 aliphatic rings. The molecule has 2 aromatic carbocycles. The van der Waals surface area contributed by atoms with Crippen molar-refractivity contribution in [1.82, 2.24) is 4.98 Å². The van der Waals surface area contributed by atoms with E-state index in [4.69, 9.17) is 4.42 Å². The van der Waals surface area contributed by atoms with Crippen molar-refractivity contribution < 1.29 is 14.0 Å². The number of anilines is 2. The molecule has 6 nitrogen and oxygen atoms in total. The Morgan fingerprint density at radius 1 is 1.18 bits per heavy atom. The number of oxazole rings is 1. The predicted octanol–water partition coefficient (Wildman–Crippen LogP) is 3.62. The summed E-state index contributed by atoms with van der Waals surface area (Å²) in [5, 5.41) is 2.92. The van der Waals surface area contributed by atoms with Gasteiger partial charge in [0, 0.05) is 31.3 Å². The number of rotatable bonds is 3. The molecule has 2 amide bonds. The maximum atomic E-state index is 12.7. The smallest absolute Gasteiger partial charge is 0.229 e. The normalized spacial score (nSPS) is 18.7. The monoisotopic (exact) mass is 375 g/mol. The molecule has 1 aliphatic heterocycles. The summed E-state index contributed by atoms with van der Waals surface area (Å²) < 4.78 is 5.46. The van der Waals surface area contributed by atoms with E-state index in [1.165, 1.54) is 17.5 Å². The molecule has 0 radical (unpaired) electrons. The van der Waals surface area contributed by atoms with Gasteiger partial charge in [0.2, 0.25) is 11.8 Å². The highest BCUT2D eigenvalue weighted by Gasteiger charge is 2.35. The first-order chi connectivity index (χ1) is 13.6. The van der Waals surface area contributed by atoms with Crippen LogP contribution in [0.4, 0.5) is 11.4 Å². The van der Waals surface area contributed by atoms with E-state index in [1.807, 2.05) is 6.07 Å². The maximum Gasteiger partial charge on any atom is 0.229 e. The number of hydrogen-bond donors (Lipinski definition) is 1. The van der Waals surface area contributed by atoms with Gasteiger partial charge >= 0.3 is 0 Å². The summed E-state index contributed by atoms with van der Waals surface area (Å²) in [5.74, 6) is 0.0811. The van der Waals surface area contributed by atoms with Gasteiger partial charge in [0.1, 0.15) is 5.52 Å². The molecule has 0 bridgehead atoms. The van der Waals surface area contributed by atoms with Crippen molar-refractivity contribution in [2.75, 3.05) is 16.8 Å². The second-order valence-electron chi connectivity index (χ2n) is 7.62. The van der Waals surface area contributed by atoms with E-state index in [1.54, 1.807) is 30.0 Å². The van der Waals surface area contributed by atoms with E-state index in [0.717, 1.165) is 18.5 Å². The van der Waals surface area contributed by atoms with Crippen LogP contribution in [0.2, 0.25) is 0 Å². The van der Waals surface area contributed by atoms with Crippen LogP contribution in [0.15, 0.2) is 40.8 Å². The first kappa shape index (κ1) is 17.0. The van der Waals surface area contributed by atoms with Crippen molar-refractivity contribution in [3.8, 4) is 0 Å². The summed E-state index contributed by atoms with van der Waals surface area (Å²) in [5.41, 5.74) is 5.67. The lowest BCUT2D eigenvalue weighted by molar-refractivity contribution is -0.122. The third-order valence-corrected chi connectivity index (χ3v) is 5.65. The minimum atomic E-state index is -0.365. The number of amides is 2. The van der Waals surface area contributed by atoms with Crippen LogP contribution < -0.4 is 10.2 Å². The number of nitrogens with one attached hydrogen (secondary N) is 1. The number of hydrogen-bond acceptors (Lipinski definition) is 4. The van der Waals surface area contributed by atoms with Gasteiger partial charge in [0.15, 0.2) is 11.5 Å². The van der Waals surface area contributed by atoms with Crippen LogP contribution in [-0.2, 0) is 22.4 Å². The van der Waals surface area contributed by atoms with E-state index >= 15 is 0 Å². The van der Waals surface area contributed by atoms with E-state index in [2.05, 4.69) is 22.4 Å². The second-order valence-corrected chi connectivity index (χ2v) is 7.62. The lowest BCUT2D eigenvalue weighted by Crippen LogP contribution is -2.28. The lowest BCUT2D eigenvalue weighted by Gasteiger charge is -2.18. The lowest BCUT2D eigenvalue weighted by atomic mass is 10.1. The Balaban J connectivity index is 1.31. The van der Waals surface area contributed by atoms with Crippen molar-refractivity contribution >= 4 is 34.3 Å². The predicted molar refractivity (Wildman–Crippen MR) is 106 cm³/mol. The van der Waals surface area contributed by atoms with Crippen LogP contribution >= 0.6 is 0 Å². The van der Waals surface area contributed by atoms with Crippen LogP contribution in [0.3, 0.4) is 0 Å². The second kappa shape index (κ2) is 6.48. The van der Waals surface area contributed by atoms with Gasteiger partial charge in [0.05, 0.1) is 5.92 Å². The van der Waals surface area contributed by atoms with Crippen molar-refractivity contribution in [3.05, 3.63) is 53.4 Å². The molecule has 1 aromatic heterocycles. The highest BCUT2D eigenvalue weighted by molar-refractivity contribution is 6.04. The minimum absolute atomic E-state index is 0.000625. The zero-order chi connectivity index (χ0) is 19.3. The number of benzene rings is 2. The standard InChI is InChI=1S/C22H21N3O3/c1-13-23-19-11-17(6-8-20(19)28-13)24-22(27)16-10-21(26)25(12-16)18-7-5-14-3-2-4-15(14)9-18/h5-9,11,16H,2-4,10,12H2,1H3,(H,24,27). The average Bonchev–Trinajstić information content (AvgIpc) is 3.37. The van der Waals surface area contributed by atoms with Gasteiger partial charge in [0.25, 0.3) is 0 Å². The Morgan fingerprint density at radius 2 is 2.04 bits per heavy atom. The number of carbonyl (C=O) groups excluding carboxylic acids is 2. The number of nitrogens with zero attached hydrogens (tertiary/aromatic N) is 2. The van der Waals surface area contributed by atoms with Crippen LogP contribution in [-0.4, -0.2) is 23.3 Å². The minimum Gasteiger partial charge on any atom is -0.441 e. The zero-order valence-corrected chi connectivity index (χ0v) is 15.7. The van der Waals surface area contributed by atoms with Gasteiger partial charge in [-0.2, -0.15) is 0 Å². The van der Waals surface area contributed by atoms with Crippen LogP contribution in [0.25, 0.3) is 11.1 Å². The third-order valence-electron chi connectivity index (χ3n) is 5.65. The van der Waals surface area contributed by atoms with Gasteiger partial charge < -0.3 is 14.6 Å². The molecule has 1 aliphatic carbocycles. The van der Waals surface area contributed by atoms with Gasteiger partial charge in [-0.15, -0.1) is 0 Å². The average molecular weight is 375 g/mol. The molecule has 3 aromatic rings. The number of fused-ring (bicyclic) bond motifs is 2. The van der Waals surface area contributed by atoms with Crippen LogP contribution in [0, 0.1) is 12.8 Å². The molecule has 1 N–H and O–H groups in total. The molecule has 28 heavy (non-hydrogen) atoms. The largest absolute Gasteiger partial charge is 0.441 e. The van der Waals surface area contributed by atoms with Gasteiger partial charge in [-0.25, -0.2) is 4.98 Å².